The molecule has 0 radical (unpaired) electrons. The van der Waals surface area contributed by atoms with Crippen LogP contribution in [0.25, 0.3) is 0 Å². The summed E-state index contributed by atoms with van der Waals surface area (Å²) in [5.74, 6) is 0.736. The maximum Gasteiger partial charge on any atom is 0.237 e. The van der Waals surface area contributed by atoms with Crippen LogP contribution in [0.2, 0.25) is 0 Å². The third-order valence-electron chi connectivity index (χ3n) is 2.99. The van der Waals surface area contributed by atoms with E-state index in [2.05, 4.69) is 24.1 Å². The number of carbonyl (C=O) groups excluding carboxylic acids is 1. The van der Waals surface area contributed by atoms with E-state index in [-0.39, 0.29) is 11.9 Å². The van der Waals surface area contributed by atoms with Gasteiger partial charge in [-0.25, -0.2) is 0 Å². The fraction of sp³-hybridized carbons (Fsp3) is 0.769. The number of hydrogen-bond acceptors (Lipinski definition) is 3. The second-order valence-corrected chi connectivity index (χ2v) is 4.62. The predicted molar refractivity (Wildman–Crippen MR) is 68.8 cm³/mol. The van der Waals surface area contributed by atoms with Crippen LogP contribution in [0.4, 0.5) is 0 Å². The SMILES string of the molecule is C=CCCOCCNC(=O)C1CC(C)CCN1. The Bertz CT molecular complexity index is 244. The highest BCUT2D eigenvalue weighted by Crippen LogP contribution is 2.14. The highest BCUT2D eigenvalue weighted by molar-refractivity contribution is 5.81. The molecule has 1 saturated heterocycles. The summed E-state index contributed by atoms with van der Waals surface area (Å²) in [5.41, 5.74) is 0. The Morgan fingerprint density at radius 1 is 1.59 bits per heavy atom. The average Bonchev–Trinajstić information content (AvgIpc) is 2.33. The first-order valence-electron chi connectivity index (χ1n) is 6.43. The second-order valence-electron chi connectivity index (χ2n) is 4.62. The quantitative estimate of drug-likeness (QED) is 0.517. The van der Waals surface area contributed by atoms with Crippen molar-refractivity contribution in [1.29, 1.82) is 0 Å². The molecule has 1 amide bonds. The molecule has 4 nitrogen and oxygen atoms in total. The third kappa shape index (κ3) is 5.84. The van der Waals surface area contributed by atoms with Crippen molar-refractivity contribution in [1.82, 2.24) is 10.6 Å². The monoisotopic (exact) mass is 240 g/mol. The molecule has 0 saturated carbocycles. The van der Waals surface area contributed by atoms with E-state index in [4.69, 9.17) is 4.74 Å². The van der Waals surface area contributed by atoms with E-state index in [1.807, 2.05) is 6.08 Å². The number of amides is 1. The molecule has 2 unspecified atom stereocenters. The Morgan fingerprint density at radius 3 is 3.12 bits per heavy atom. The predicted octanol–water partition coefficient (Wildman–Crippen LogP) is 1.08. The molecule has 1 heterocycles. The Balaban J connectivity index is 2.06. The Morgan fingerprint density at radius 2 is 2.41 bits per heavy atom. The van der Waals surface area contributed by atoms with Gasteiger partial charge in [-0.3, -0.25) is 4.79 Å². The largest absolute Gasteiger partial charge is 0.379 e. The van der Waals surface area contributed by atoms with Gasteiger partial charge in [0.25, 0.3) is 0 Å². The fourth-order valence-electron chi connectivity index (χ4n) is 1.95. The van der Waals surface area contributed by atoms with Crippen molar-refractivity contribution in [3.63, 3.8) is 0 Å². The van der Waals surface area contributed by atoms with Crippen molar-refractivity contribution >= 4 is 5.91 Å². The highest BCUT2D eigenvalue weighted by Gasteiger charge is 2.23. The van der Waals surface area contributed by atoms with Crippen LogP contribution < -0.4 is 10.6 Å². The van der Waals surface area contributed by atoms with Crippen molar-refractivity contribution in [2.75, 3.05) is 26.3 Å². The smallest absolute Gasteiger partial charge is 0.237 e. The van der Waals surface area contributed by atoms with Gasteiger partial charge in [-0.2, -0.15) is 0 Å². The number of nitrogens with one attached hydrogen (secondary N) is 2. The zero-order valence-electron chi connectivity index (χ0n) is 10.7. The molecule has 1 aliphatic heterocycles. The number of ether oxygens (including phenoxy) is 1. The summed E-state index contributed by atoms with van der Waals surface area (Å²) in [6.45, 7) is 8.59. The summed E-state index contributed by atoms with van der Waals surface area (Å²) in [6, 6.07) is -0.0214. The normalized spacial score (nSPS) is 24.3. The third-order valence-corrected chi connectivity index (χ3v) is 2.99. The average molecular weight is 240 g/mol. The minimum absolute atomic E-state index is 0.0214. The second kappa shape index (κ2) is 8.25. The molecule has 2 atom stereocenters. The van der Waals surface area contributed by atoms with Crippen molar-refractivity contribution in [2.24, 2.45) is 5.92 Å². The van der Waals surface area contributed by atoms with Crippen LogP contribution in [-0.2, 0) is 9.53 Å². The standard InChI is InChI=1S/C13H24N2O2/c1-3-4-8-17-9-7-15-13(16)12-10-11(2)5-6-14-12/h3,11-12,14H,1,4-10H2,2H3,(H,15,16). The summed E-state index contributed by atoms with van der Waals surface area (Å²) in [7, 11) is 0. The van der Waals surface area contributed by atoms with E-state index in [0.29, 0.717) is 25.7 Å². The van der Waals surface area contributed by atoms with E-state index >= 15 is 0 Å². The van der Waals surface area contributed by atoms with E-state index in [1.54, 1.807) is 0 Å². The topological polar surface area (TPSA) is 50.4 Å². The van der Waals surface area contributed by atoms with E-state index in [1.165, 1.54) is 0 Å². The molecule has 1 aliphatic rings. The maximum atomic E-state index is 11.8. The van der Waals surface area contributed by atoms with Gasteiger partial charge < -0.3 is 15.4 Å². The maximum absolute atomic E-state index is 11.8. The molecule has 4 heteroatoms. The first-order valence-corrected chi connectivity index (χ1v) is 6.43. The van der Waals surface area contributed by atoms with Gasteiger partial charge in [0, 0.05) is 6.54 Å². The van der Waals surface area contributed by atoms with E-state index in [0.717, 1.165) is 25.8 Å². The lowest BCUT2D eigenvalue weighted by Gasteiger charge is -2.27. The van der Waals surface area contributed by atoms with Crippen molar-refractivity contribution in [3.05, 3.63) is 12.7 Å². The number of hydrogen-bond donors (Lipinski definition) is 2. The van der Waals surface area contributed by atoms with Crippen LogP contribution in [0.15, 0.2) is 12.7 Å². The fourth-order valence-corrected chi connectivity index (χ4v) is 1.95. The molecular weight excluding hydrogens is 216 g/mol. The highest BCUT2D eigenvalue weighted by atomic mass is 16.5. The molecule has 2 N–H and O–H groups in total. The van der Waals surface area contributed by atoms with Gasteiger partial charge in [-0.05, 0) is 31.7 Å². The minimum atomic E-state index is -0.0214. The molecule has 0 aromatic heterocycles. The summed E-state index contributed by atoms with van der Waals surface area (Å²) >= 11 is 0. The molecule has 0 bridgehead atoms. The summed E-state index contributed by atoms with van der Waals surface area (Å²) < 4.78 is 5.33. The molecule has 0 aliphatic carbocycles. The van der Waals surface area contributed by atoms with Crippen LogP contribution in [0.5, 0.6) is 0 Å². The van der Waals surface area contributed by atoms with Crippen LogP contribution in [-0.4, -0.2) is 38.3 Å². The van der Waals surface area contributed by atoms with E-state index in [9.17, 15) is 4.79 Å². The Labute approximate surface area is 104 Å². The van der Waals surface area contributed by atoms with Crippen LogP contribution in [0.1, 0.15) is 26.2 Å². The van der Waals surface area contributed by atoms with Gasteiger partial charge in [0.05, 0.1) is 19.3 Å². The van der Waals surface area contributed by atoms with Crippen molar-refractivity contribution in [3.8, 4) is 0 Å². The number of rotatable bonds is 7. The lowest BCUT2D eigenvalue weighted by Crippen LogP contribution is -2.48. The Hall–Kier alpha value is -0.870. The summed E-state index contributed by atoms with van der Waals surface area (Å²) in [5, 5.41) is 6.14. The van der Waals surface area contributed by atoms with Crippen LogP contribution in [0.3, 0.4) is 0 Å². The first kappa shape index (κ1) is 14.2. The van der Waals surface area contributed by atoms with Gasteiger partial charge >= 0.3 is 0 Å². The van der Waals surface area contributed by atoms with Crippen LogP contribution in [0, 0.1) is 5.92 Å². The molecule has 17 heavy (non-hydrogen) atoms. The summed E-state index contributed by atoms with van der Waals surface area (Å²) in [6.07, 6.45) is 4.78. The molecule has 1 rings (SSSR count). The lowest BCUT2D eigenvalue weighted by molar-refractivity contribution is -0.124. The van der Waals surface area contributed by atoms with Crippen molar-refractivity contribution in [2.45, 2.75) is 32.2 Å². The lowest BCUT2D eigenvalue weighted by atomic mass is 9.94. The molecule has 1 fully saturated rings. The summed E-state index contributed by atoms with van der Waals surface area (Å²) in [4.78, 5) is 11.8. The first-order chi connectivity index (χ1) is 8.24. The molecule has 0 spiro atoms. The minimum Gasteiger partial charge on any atom is -0.379 e. The van der Waals surface area contributed by atoms with Gasteiger partial charge in [-0.15, -0.1) is 6.58 Å². The van der Waals surface area contributed by atoms with Gasteiger partial charge in [0.2, 0.25) is 5.91 Å². The zero-order valence-corrected chi connectivity index (χ0v) is 10.7. The number of carbonyl (C=O) groups is 1. The number of piperidine rings is 1. The van der Waals surface area contributed by atoms with Gasteiger partial charge in [-0.1, -0.05) is 13.0 Å². The molecule has 98 valence electrons. The van der Waals surface area contributed by atoms with Crippen molar-refractivity contribution < 1.29 is 9.53 Å². The molecular formula is C13H24N2O2. The zero-order chi connectivity index (χ0) is 12.5. The molecule has 0 aromatic carbocycles. The Kier molecular flexibility index (Phi) is 6.89. The van der Waals surface area contributed by atoms with Crippen LogP contribution >= 0.6 is 0 Å². The van der Waals surface area contributed by atoms with E-state index < -0.39 is 0 Å². The van der Waals surface area contributed by atoms with Gasteiger partial charge in [0.15, 0.2) is 0 Å². The molecule has 0 aromatic rings. The van der Waals surface area contributed by atoms with Gasteiger partial charge in [0.1, 0.15) is 0 Å².